The molecule has 0 aliphatic carbocycles. The SMILES string of the molecule is CCOC(c1ccc(OC)c(OC)c1)C(C)Oc1ccccc1OC. The molecule has 2 atom stereocenters. The molecule has 0 bridgehead atoms. The number of benzene rings is 2. The monoisotopic (exact) mass is 346 g/mol. The highest BCUT2D eigenvalue weighted by Crippen LogP contribution is 2.35. The van der Waals surface area contributed by atoms with Gasteiger partial charge < -0.3 is 23.7 Å². The zero-order chi connectivity index (χ0) is 18.2. The molecule has 0 aliphatic rings. The van der Waals surface area contributed by atoms with Crippen LogP contribution in [0.15, 0.2) is 42.5 Å². The fourth-order valence-corrected chi connectivity index (χ4v) is 2.69. The molecule has 0 heterocycles. The summed E-state index contributed by atoms with van der Waals surface area (Å²) in [6.45, 7) is 4.51. The molecule has 0 N–H and O–H groups in total. The van der Waals surface area contributed by atoms with Gasteiger partial charge in [0.25, 0.3) is 0 Å². The number of rotatable bonds is 9. The van der Waals surface area contributed by atoms with Crippen LogP contribution in [0.1, 0.15) is 25.5 Å². The predicted molar refractivity (Wildman–Crippen MR) is 97.0 cm³/mol. The molecule has 0 saturated heterocycles. The molecular formula is C20H26O5. The van der Waals surface area contributed by atoms with E-state index in [4.69, 9.17) is 23.7 Å². The lowest BCUT2D eigenvalue weighted by atomic mass is 10.0. The van der Waals surface area contributed by atoms with Crippen molar-refractivity contribution in [2.45, 2.75) is 26.1 Å². The smallest absolute Gasteiger partial charge is 0.161 e. The summed E-state index contributed by atoms with van der Waals surface area (Å²) in [6, 6.07) is 13.3. The molecule has 2 aromatic rings. The minimum absolute atomic E-state index is 0.227. The van der Waals surface area contributed by atoms with Crippen molar-refractivity contribution in [3.63, 3.8) is 0 Å². The first-order valence-electron chi connectivity index (χ1n) is 8.27. The Labute approximate surface area is 149 Å². The molecule has 0 aromatic heterocycles. The summed E-state index contributed by atoms with van der Waals surface area (Å²) in [5.74, 6) is 2.72. The van der Waals surface area contributed by atoms with Crippen molar-refractivity contribution in [2.75, 3.05) is 27.9 Å². The Balaban J connectivity index is 2.27. The average Bonchev–Trinajstić information content (AvgIpc) is 2.65. The molecule has 2 unspecified atom stereocenters. The first kappa shape index (κ1) is 18.9. The maximum atomic E-state index is 6.11. The normalized spacial score (nSPS) is 13.0. The molecular weight excluding hydrogens is 320 g/mol. The van der Waals surface area contributed by atoms with E-state index in [0.29, 0.717) is 29.6 Å². The molecule has 0 fully saturated rings. The van der Waals surface area contributed by atoms with Gasteiger partial charge in [-0.25, -0.2) is 0 Å². The fourth-order valence-electron chi connectivity index (χ4n) is 2.69. The molecule has 5 heteroatoms. The molecule has 0 aliphatic heterocycles. The van der Waals surface area contributed by atoms with Crippen LogP contribution in [0.5, 0.6) is 23.0 Å². The fraction of sp³-hybridized carbons (Fsp3) is 0.400. The topological polar surface area (TPSA) is 46.2 Å². The molecule has 0 spiro atoms. The van der Waals surface area contributed by atoms with E-state index in [0.717, 1.165) is 5.56 Å². The number of hydrogen-bond donors (Lipinski definition) is 0. The van der Waals surface area contributed by atoms with Crippen LogP contribution < -0.4 is 18.9 Å². The second-order valence-electron chi connectivity index (χ2n) is 5.46. The van der Waals surface area contributed by atoms with Gasteiger partial charge in [0.05, 0.1) is 21.3 Å². The highest BCUT2D eigenvalue weighted by Gasteiger charge is 2.24. The van der Waals surface area contributed by atoms with Gasteiger partial charge in [0.2, 0.25) is 0 Å². The van der Waals surface area contributed by atoms with Gasteiger partial charge in [-0.2, -0.15) is 0 Å². The third kappa shape index (κ3) is 4.57. The standard InChI is InChI=1S/C20H26O5/c1-6-24-20(15-11-12-17(22-4)19(13-15)23-5)14(2)25-18-10-8-7-9-16(18)21-3/h7-14,20H,6H2,1-5H3. The van der Waals surface area contributed by atoms with Crippen LogP contribution >= 0.6 is 0 Å². The summed E-state index contributed by atoms with van der Waals surface area (Å²) in [5.41, 5.74) is 0.960. The maximum Gasteiger partial charge on any atom is 0.161 e. The molecule has 0 saturated carbocycles. The van der Waals surface area contributed by atoms with Crippen molar-refractivity contribution in [2.24, 2.45) is 0 Å². The van der Waals surface area contributed by atoms with E-state index in [9.17, 15) is 0 Å². The lowest BCUT2D eigenvalue weighted by Gasteiger charge is -2.26. The van der Waals surface area contributed by atoms with Gasteiger partial charge >= 0.3 is 0 Å². The van der Waals surface area contributed by atoms with E-state index in [1.807, 2.05) is 56.3 Å². The molecule has 2 aromatic carbocycles. The van der Waals surface area contributed by atoms with Gasteiger partial charge in [0.15, 0.2) is 23.0 Å². The molecule has 2 rings (SSSR count). The summed E-state index contributed by atoms with van der Waals surface area (Å²) in [6.07, 6.45) is -0.482. The van der Waals surface area contributed by atoms with Gasteiger partial charge in [-0.15, -0.1) is 0 Å². The second-order valence-corrected chi connectivity index (χ2v) is 5.46. The third-order valence-electron chi connectivity index (χ3n) is 3.89. The first-order valence-corrected chi connectivity index (χ1v) is 8.27. The quantitative estimate of drug-likeness (QED) is 0.679. The second kappa shape index (κ2) is 9.18. The minimum atomic E-state index is -0.255. The van der Waals surface area contributed by atoms with Crippen LogP contribution in [0.4, 0.5) is 0 Å². The number of para-hydroxylation sites is 2. The molecule has 0 amide bonds. The predicted octanol–water partition coefficient (Wildman–Crippen LogP) is 4.26. The van der Waals surface area contributed by atoms with Crippen molar-refractivity contribution in [1.82, 2.24) is 0 Å². The van der Waals surface area contributed by atoms with Crippen LogP contribution in [0.3, 0.4) is 0 Å². The molecule has 136 valence electrons. The summed E-state index contributed by atoms with van der Waals surface area (Å²) >= 11 is 0. The zero-order valence-corrected chi connectivity index (χ0v) is 15.4. The molecule has 25 heavy (non-hydrogen) atoms. The van der Waals surface area contributed by atoms with Gasteiger partial charge in [-0.1, -0.05) is 18.2 Å². The van der Waals surface area contributed by atoms with E-state index in [1.165, 1.54) is 0 Å². The van der Waals surface area contributed by atoms with E-state index >= 15 is 0 Å². The van der Waals surface area contributed by atoms with E-state index < -0.39 is 0 Å². The largest absolute Gasteiger partial charge is 0.493 e. The van der Waals surface area contributed by atoms with Crippen molar-refractivity contribution in [1.29, 1.82) is 0 Å². The van der Waals surface area contributed by atoms with Crippen LogP contribution in [0.2, 0.25) is 0 Å². The molecule has 5 nitrogen and oxygen atoms in total. The van der Waals surface area contributed by atoms with Crippen LogP contribution in [0.25, 0.3) is 0 Å². The van der Waals surface area contributed by atoms with Crippen molar-refractivity contribution in [3.8, 4) is 23.0 Å². The number of ether oxygens (including phenoxy) is 5. The summed E-state index contributed by atoms with van der Waals surface area (Å²) in [4.78, 5) is 0. The Morgan fingerprint density at radius 3 is 2.00 bits per heavy atom. The van der Waals surface area contributed by atoms with Gasteiger partial charge in [-0.05, 0) is 43.7 Å². The molecule has 0 radical (unpaired) electrons. The summed E-state index contributed by atoms with van der Waals surface area (Å²) in [5, 5.41) is 0. The Morgan fingerprint density at radius 2 is 1.40 bits per heavy atom. The van der Waals surface area contributed by atoms with E-state index in [2.05, 4.69) is 0 Å². The Kier molecular flexibility index (Phi) is 6.95. The lowest BCUT2D eigenvalue weighted by molar-refractivity contribution is -0.0155. The summed E-state index contributed by atoms with van der Waals surface area (Å²) in [7, 11) is 4.86. The average molecular weight is 346 g/mol. The number of methoxy groups -OCH3 is 3. The Morgan fingerprint density at radius 1 is 0.800 bits per heavy atom. The van der Waals surface area contributed by atoms with Crippen LogP contribution in [0, 0.1) is 0 Å². The van der Waals surface area contributed by atoms with Gasteiger partial charge in [0, 0.05) is 6.61 Å². The van der Waals surface area contributed by atoms with Crippen molar-refractivity contribution < 1.29 is 23.7 Å². The lowest BCUT2D eigenvalue weighted by Crippen LogP contribution is -2.24. The highest BCUT2D eigenvalue weighted by atomic mass is 16.6. The van der Waals surface area contributed by atoms with Crippen LogP contribution in [-0.4, -0.2) is 34.0 Å². The Hall–Kier alpha value is -2.40. The van der Waals surface area contributed by atoms with Gasteiger partial charge in [0.1, 0.15) is 12.2 Å². The van der Waals surface area contributed by atoms with Crippen molar-refractivity contribution >= 4 is 0 Å². The van der Waals surface area contributed by atoms with E-state index in [1.54, 1.807) is 21.3 Å². The zero-order valence-electron chi connectivity index (χ0n) is 15.4. The van der Waals surface area contributed by atoms with E-state index in [-0.39, 0.29) is 12.2 Å². The minimum Gasteiger partial charge on any atom is -0.493 e. The number of hydrogen-bond acceptors (Lipinski definition) is 5. The van der Waals surface area contributed by atoms with Crippen molar-refractivity contribution in [3.05, 3.63) is 48.0 Å². The van der Waals surface area contributed by atoms with Crippen LogP contribution in [-0.2, 0) is 4.74 Å². The Bertz CT molecular complexity index is 671. The maximum absolute atomic E-state index is 6.11. The third-order valence-corrected chi connectivity index (χ3v) is 3.89. The first-order chi connectivity index (χ1) is 12.1. The highest BCUT2D eigenvalue weighted by molar-refractivity contribution is 5.44. The summed E-state index contributed by atoms with van der Waals surface area (Å²) < 4.78 is 28.1. The van der Waals surface area contributed by atoms with Gasteiger partial charge in [-0.3, -0.25) is 0 Å².